The highest BCUT2D eigenvalue weighted by atomic mass is 19.4. The lowest BCUT2D eigenvalue weighted by Gasteiger charge is -2.19. The zero-order valence-corrected chi connectivity index (χ0v) is 6.41. The van der Waals surface area contributed by atoms with Gasteiger partial charge in [-0.05, 0) is 25.2 Å². The molecule has 0 aromatic rings. The zero-order valence-electron chi connectivity index (χ0n) is 6.41. The van der Waals surface area contributed by atoms with E-state index in [0.29, 0.717) is 6.42 Å². The Kier molecular flexibility index (Phi) is 2.25. The first-order valence-electron chi connectivity index (χ1n) is 3.78. The molecular weight excluding hydrogens is 153 g/mol. The molecule has 0 fully saturated rings. The van der Waals surface area contributed by atoms with Gasteiger partial charge in [-0.1, -0.05) is 13.0 Å². The Bertz CT molecular complexity index is 167. The summed E-state index contributed by atoms with van der Waals surface area (Å²) in [6.07, 6.45) is -0.974. The second kappa shape index (κ2) is 2.88. The molecule has 1 aliphatic carbocycles. The van der Waals surface area contributed by atoms with E-state index in [0.717, 1.165) is 6.42 Å². The minimum Gasteiger partial charge on any atom is -0.166 e. The van der Waals surface area contributed by atoms with Crippen LogP contribution in [-0.2, 0) is 0 Å². The third kappa shape index (κ3) is 2.24. The van der Waals surface area contributed by atoms with Gasteiger partial charge in [-0.2, -0.15) is 13.2 Å². The summed E-state index contributed by atoms with van der Waals surface area (Å²) < 4.78 is 36.1. The lowest BCUT2D eigenvalue weighted by Crippen LogP contribution is -2.16. The first kappa shape index (κ1) is 8.62. The van der Waals surface area contributed by atoms with E-state index in [4.69, 9.17) is 0 Å². The fraction of sp³-hybridized carbons (Fsp3) is 0.750. The summed E-state index contributed by atoms with van der Waals surface area (Å²) >= 11 is 0. The topological polar surface area (TPSA) is 0 Å². The fourth-order valence-corrected chi connectivity index (χ4v) is 1.36. The van der Waals surface area contributed by atoms with Gasteiger partial charge in [0.15, 0.2) is 0 Å². The molecule has 3 heteroatoms. The molecule has 0 bridgehead atoms. The van der Waals surface area contributed by atoms with E-state index in [2.05, 4.69) is 0 Å². The molecular formula is C8H11F3. The van der Waals surface area contributed by atoms with Gasteiger partial charge in [0.2, 0.25) is 0 Å². The van der Waals surface area contributed by atoms with Crippen LogP contribution in [-0.4, -0.2) is 6.18 Å². The molecule has 0 saturated carbocycles. The van der Waals surface area contributed by atoms with Crippen molar-refractivity contribution in [1.29, 1.82) is 0 Å². The van der Waals surface area contributed by atoms with Crippen LogP contribution < -0.4 is 0 Å². The highest BCUT2D eigenvalue weighted by Crippen LogP contribution is 2.34. The summed E-state index contributed by atoms with van der Waals surface area (Å²) in [6.45, 7) is 1.82. The van der Waals surface area contributed by atoms with Crippen LogP contribution in [0, 0.1) is 5.92 Å². The lowest BCUT2D eigenvalue weighted by molar-refractivity contribution is -0.0955. The number of rotatable bonds is 0. The van der Waals surface area contributed by atoms with Crippen molar-refractivity contribution >= 4 is 0 Å². The average Bonchev–Trinajstić information content (AvgIpc) is 1.86. The quantitative estimate of drug-likeness (QED) is 0.482. The maximum Gasteiger partial charge on any atom is 0.412 e. The average molecular weight is 164 g/mol. The van der Waals surface area contributed by atoms with E-state index < -0.39 is 6.18 Å². The molecule has 0 spiro atoms. The van der Waals surface area contributed by atoms with Gasteiger partial charge in [0.1, 0.15) is 0 Å². The summed E-state index contributed by atoms with van der Waals surface area (Å²) in [7, 11) is 0. The van der Waals surface area contributed by atoms with Crippen LogP contribution in [0.1, 0.15) is 26.2 Å². The van der Waals surface area contributed by atoms with Gasteiger partial charge in [0.25, 0.3) is 0 Å². The SMILES string of the molecule is CC1C=C(C(F)(F)F)CCC1. The smallest absolute Gasteiger partial charge is 0.166 e. The summed E-state index contributed by atoms with van der Waals surface area (Å²) in [5.41, 5.74) is -0.337. The van der Waals surface area contributed by atoms with E-state index in [1.54, 1.807) is 0 Å². The Morgan fingerprint density at radius 3 is 2.45 bits per heavy atom. The molecule has 64 valence electrons. The Hall–Kier alpha value is -0.470. The largest absolute Gasteiger partial charge is 0.412 e. The Balaban J connectivity index is 2.71. The van der Waals surface area contributed by atoms with E-state index in [1.807, 2.05) is 6.92 Å². The zero-order chi connectivity index (χ0) is 8.48. The van der Waals surface area contributed by atoms with E-state index in [9.17, 15) is 13.2 Å². The summed E-state index contributed by atoms with van der Waals surface area (Å²) in [4.78, 5) is 0. The maximum atomic E-state index is 12.0. The first-order valence-corrected chi connectivity index (χ1v) is 3.78. The highest BCUT2D eigenvalue weighted by molar-refractivity contribution is 5.12. The summed E-state index contributed by atoms with van der Waals surface area (Å²) in [5.74, 6) is 0.0976. The minimum atomic E-state index is -4.09. The maximum absolute atomic E-state index is 12.0. The molecule has 0 amide bonds. The molecule has 1 atom stereocenters. The molecule has 0 aliphatic heterocycles. The van der Waals surface area contributed by atoms with Crippen molar-refractivity contribution in [3.05, 3.63) is 11.6 Å². The molecule has 1 rings (SSSR count). The highest BCUT2D eigenvalue weighted by Gasteiger charge is 2.34. The molecule has 0 saturated heterocycles. The van der Waals surface area contributed by atoms with Crippen molar-refractivity contribution in [2.24, 2.45) is 5.92 Å². The predicted molar refractivity (Wildman–Crippen MR) is 37.2 cm³/mol. The van der Waals surface area contributed by atoms with Crippen LogP contribution >= 0.6 is 0 Å². The molecule has 1 unspecified atom stereocenters. The van der Waals surface area contributed by atoms with Crippen molar-refractivity contribution in [2.45, 2.75) is 32.4 Å². The fourth-order valence-electron chi connectivity index (χ4n) is 1.36. The lowest BCUT2D eigenvalue weighted by atomic mass is 9.92. The third-order valence-electron chi connectivity index (χ3n) is 1.96. The molecule has 1 aliphatic rings. The van der Waals surface area contributed by atoms with Crippen molar-refractivity contribution in [3.63, 3.8) is 0 Å². The van der Waals surface area contributed by atoms with Gasteiger partial charge >= 0.3 is 6.18 Å². The third-order valence-corrected chi connectivity index (χ3v) is 1.96. The van der Waals surface area contributed by atoms with Crippen LogP contribution in [0.4, 0.5) is 13.2 Å². The number of hydrogen-bond acceptors (Lipinski definition) is 0. The van der Waals surface area contributed by atoms with Crippen LogP contribution in [0.2, 0.25) is 0 Å². The molecule has 0 nitrogen and oxygen atoms in total. The second-order valence-corrected chi connectivity index (χ2v) is 3.06. The molecule has 11 heavy (non-hydrogen) atoms. The van der Waals surface area contributed by atoms with Crippen molar-refractivity contribution < 1.29 is 13.2 Å². The molecule has 0 heterocycles. The number of alkyl halides is 3. The van der Waals surface area contributed by atoms with Gasteiger partial charge < -0.3 is 0 Å². The predicted octanol–water partition coefficient (Wildman–Crippen LogP) is 3.30. The van der Waals surface area contributed by atoms with Gasteiger partial charge in [-0.15, -0.1) is 0 Å². The van der Waals surface area contributed by atoms with Crippen LogP contribution in [0.15, 0.2) is 11.6 Å². The van der Waals surface area contributed by atoms with Crippen molar-refractivity contribution in [3.8, 4) is 0 Å². The standard InChI is InChI=1S/C8H11F3/c1-6-3-2-4-7(5-6)8(9,10)11/h5-6H,2-4H2,1H3. The van der Waals surface area contributed by atoms with Crippen LogP contribution in [0.5, 0.6) is 0 Å². The normalized spacial score (nSPS) is 26.5. The minimum absolute atomic E-state index is 0.0976. The van der Waals surface area contributed by atoms with Gasteiger partial charge in [0, 0.05) is 5.57 Å². The van der Waals surface area contributed by atoms with Crippen LogP contribution in [0.3, 0.4) is 0 Å². The van der Waals surface area contributed by atoms with E-state index >= 15 is 0 Å². The summed E-state index contributed by atoms with van der Waals surface area (Å²) in [6, 6.07) is 0. The molecule has 0 aromatic carbocycles. The number of allylic oxidation sites excluding steroid dienone is 2. The monoisotopic (exact) mass is 164 g/mol. The molecule has 0 N–H and O–H groups in total. The first-order chi connectivity index (χ1) is 5.00. The van der Waals surface area contributed by atoms with Gasteiger partial charge in [-0.3, -0.25) is 0 Å². The Morgan fingerprint density at radius 2 is 2.09 bits per heavy atom. The second-order valence-electron chi connectivity index (χ2n) is 3.06. The Morgan fingerprint density at radius 1 is 1.45 bits per heavy atom. The molecule has 0 radical (unpaired) electrons. The van der Waals surface area contributed by atoms with Gasteiger partial charge in [-0.25, -0.2) is 0 Å². The number of halogens is 3. The van der Waals surface area contributed by atoms with E-state index in [1.165, 1.54) is 6.08 Å². The van der Waals surface area contributed by atoms with Gasteiger partial charge in [0.05, 0.1) is 0 Å². The van der Waals surface area contributed by atoms with Crippen molar-refractivity contribution in [2.75, 3.05) is 0 Å². The Labute approximate surface area is 64.1 Å². The van der Waals surface area contributed by atoms with Crippen LogP contribution in [0.25, 0.3) is 0 Å². The van der Waals surface area contributed by atoms with Crippen molar-refractivity contribution in [1.82, 2.24) is 0 Å². The molecule has 0 aromatic heterocycles. The summed E-state index contributed by atoms with van der Waals surface area (Å²) in [5, 5.41) is 0. The van der Waals surface area contributed by atoms with E-state index in [-0.39, 0.29) is 17.9 Å². The number of hydrogen-bond donors (Lipinski definition) is 0.